The zero-order valence-electron chi connectivity index (χ0n) is 14.5. The maximum atomic E-state index is 9.31. The molecule has 0 aliphatic carbocycles. The summed E-state index contributed by atoms with van der Waals surface area (Å²) in [6, 6.07) is 10.2. The number of aromatic nitrogens is 2. The van der Waals surface area contributed by atoms with Crippen molar-refractivity contribution in [3.63, 3.8) is 0 Å². The smallest absolute Gasteiger partial charge is 0.194 e. The first-order chi connectivity index (χ1) is 11.5. The Balaban J connectivity index is 2.16. The van der Waals surface area contributed by atoms with E-state index in [1.165, 1.54) is 5.69 Å². The van der Waals surface area contributed by atoms with Gasteiger partial charge < -0.3 is 4.74 Å². The molecule has 4 nitrogen and oxygen atoms in total. The second-order valence-electron chi connectivity index (χ2n) is 6.69. The maximum absolute atomic E-state index is 9.31. The lowest BCUT2D eigenvalue weighted by molar-refractivity contribution is 0.340. The van der Waals surface area contributed by atoms with Crippen LogP contribution in [0.2, 0.25) is 0 Å². The Morgan fingerprint density at radius 3 is 2.54 bits per heavy atom. The van der Waals surface area contributed by atoms with Gasteiger partial charge >= 0.3 is 0 Å². The van der Waals surface area contributed by atoms with Crippen LogP contribution >= 0.6 is 11.3 Å². The van der Waals surface area contributed by atoms with E-state index in [9.17, 15) is 5.26 Å². The van der Waals surface area contributed by atoms with Crippen molar-refractivity contribution >= 4 is 16.3 Å². The van der Waals surface area contributed by atoms with Crippen molar-refractivity contribution < 1.29 is 4.74 Å². The molecule has 0 amide bonds. The molecule has 0 aliphatic rings. The third kappa shape index (κ3) is 2.90. The summed E-state index contributed by atoms with van der Waals surface area (Å²) in [5.74, 6) is 0.847. The molecule has 0 bridgehead atoms. The number of hydrogen-bond acceptors (Lipinski definition) is 4. The molecule has 24 heavy (non-hydrogen) atoms. The van der Waals surface area contributed by atoms with Gasteiger partial charge in [-0.3, -0.25) is 4.40 Å². The molecule has 0 fully saturated rings. The lowest BCUT2D eigenvalue weighted by Gasteiger charge is -2.18. The number of benzene rings is 1. The molecule has 2 aromatic heterocycles. The van der Waals surface area contributed by atoms with Crippen LogP contribution in [0.1, 0.15) is 39.1 Å². The molecule has 3 aromatic rings. The summed E-state index contributed by atoms with van der Waals surface area (Å²) in [6.45, 7) is 9.16. The minimum absolute atomic E-state index is 0.000745. The number of nitriles is 1. The van der Waals surface area contributed by atoms with Gasteiger partial charge in [0.2, 0.25) is 0 Å². The van der Waals surface area contributed by atoms with E-state index in [0.717, 1.165) is 27.7 Å². The first-order valence-corrected chi connectivity index (χ1v) is 8.93. The number of imidazole rings is 1. The molecule has 0 unspecified atom stereocenters. The molecule has 0 spiro atoms. The molecule has 124 valence electrons. The van der Waals surface area contributed by atoms with Gasteiger partial charge in [0.05, 0.1) is 30.5 Å². The van der Waals surface area contributed by atoms with Gasteiger partial charge in [0.1, 0.15) is 5.75 Å². The Kier molecular flexibility index (Phi) is 4.33. The summed E-state index contributed by atoms with van der Waals surface area (Å²) in [4.78, 5) is 5.74. The van der Waals surface area contributed by atoms with Gasteiger partial charge in [-0.1, -0.05) is 20.8 Å². The molecular weight excluding hydrogens is 318 g/mol. The number of hydrogen-bond donors (Lipinski definition) is 0. The SMILES string of the molecule is CCOc1ccc(-c2nc3scc(C(C)(C)C)n3c2CC#N)cc1. The molecule has 3 rings (SSSR count). The first-order valence-electron chi connectivity index (χ1n) is 8.05. The molecule has 0 atom stereocenters. The zero-order valence-corrected chi connectivity index (χ0v) is 15.3. The second-order valence-corrected chi connectivity index (χ2v) is 7.52. The van der Waals surface area contributed by atoms with Crippen LogP contribution in [0.25, 0.3) is 16.2 Å². The van der Waals surface area contributed by atoms with Crippen molar-refractivity contribution in [1.29, 1.82) is 5.26 Å². The normalized spacial score (nSPS) is 11.6. The molecule has 5 heteroatoms. The quantitative estimate of drug-likeness (QED) is 0.684. The van der Waals surface area contributed by atoms with E-state index in [-0.39, 0.29) is 5.41 Å². The molecule has 0 aliphatic heterocycles. The minimum atomic E-state index is -0.000745. The second kappa shape index (κ2) is 6.29. The average molecular weight is 339 g/mol. The van der Waals surface area contributed by atoms with Crippen LogP contribution in [0.5, 0.6) is 5.75 Å². The van der Waals surface area contributed by atoms with Gasteiger partial charge in [0.25, 0.3) is 0 Å². The number of rotatable bonds is 4. The number of ether oxygens (including phenoxy) is 1. The Labute approximate surface area is 146 Å². The lowest BCUT2D eigenvalue weighted by Crippen LogP contribution is -2.15. The zero-order chi connectivity index (χ0) is 17.3. The highest BCUT2D eigenvalue weighted by molar-refractivity contribution is 7.15. The number of thiazole rings is 1. The fraction of sp³-hybridized carbons (Fsp3) is 0.368. The van der Waals surface area contributed by atoms with E-state index in [0.29, 0.717) is 13.0 Å². The van der Waals surface area contributed by atoms with Gasteiger partial charge in [0.15, 0.2) is 4.96 Å². The standard InChI is InChI=1S/C19H21N3OS/c1-5-23-14-8-6-13(7-9-14)17-15(10-11-20)22-16(19(2,3)4)12-24-18(22)21-17/h6-9,12H,5,10H2,1-4H3. The third-order valence-corrected chi connectivity index (χ3v) is 4.74. The van der Waals surface area contributed by atoms with Crippen molar-refractivity contribution in [3.05, 3.63) is 41.0 Å². The van der Waals surface area contributed by atoms with Gasteiger partial charge in [-0.25, -0.2) is 4.98 Å². The van der Waals surface area contributed by atoms with Gasteiger partial charge in [-0.15, -0.1) is 11.3 Å². The predicted molar refractivity (Wildman–Crippen MR) is 97.7 cm³/mol. The molecule has 0 saturated carbocycles. The van der Waals surface area contributed by atoms with E-state index in [2.05, 4.69) is 36.6 Å². The first kappa shape index (κ1) is 16.5. The number of fused-ring (bicyclic) bond motifs is 1. The summed E-state index contributed by atoms with van der Waals surface area (Å²) >= 11 is 1.63. The monoisotopic (exact) mass is 339 g/mol. The van der Waals surface area contributed by atoms with Crippen molar-refractivity contribution in [1.82, 2.24) is 9.38 Å². The summed E-state index contributed by atoms with van der Waals surface area (Å²) in [6.07, 6.45) is 0.337. The van der Waals surface area contributed by atoms with E-state index in [1.54, 1.807) is 11.3 Å². The van der Waals surface area contributed by atoms with Crippen molar-refractivity contribution in [2.75, 3.05) is 6.61 Å². The van der Waals surface area contributed by atoms with Crippen LogP contribution in [0.4, 0.5) is 0 Å². The minimum Gasteiger partial charge on any atom is -0.494 e. The van der Waals surface area contributed by atoms with E-state index in [4.69, 9.17) is 9.72 Å². The maximum Gasteiger partial charge on any atom is 0.194 e. The van der Waals surface area contributed by atoms with Gasteiger partial charge in [0, 0.05) is 22.1 Å². The Morgan fingerprint density at radius 2 is 1.96 bits per heavy atom. The van der Waals surface area contributed by atoms with E-state index < -0.39 is 0 Å². The fourth-order valence-corrected chi connectivity index (χ4v) is 3.91. The Morgan fingerprint density at radius 1 is 1.25 bits per heavy atom. The molecule has 0 radical (unpaired) electrons. The Hall–Kier alpha value is -2.32. The molecule has 0 N–H and O–H groups in total. The van der Waals surface area contributed by atoms with Crippen LogP contribution in [0.15, 0.2) is 29.6 Å². The summed E-state index contributed by atoms with van der Waals surface area (Å²) in [7, 11) is 0. The number of nitrogens with zero attached hydrogens (tertiary/aromatic N) is 3. The molecule has 2 heterocycles. The summed E-state index contributed by atoms with van der Waals surface area (Å²) in [5.41, 5.74) is 4.05. The Bertz CT molecular complexity index is 892. The molecular formula is C19H21N3OS. The highest BCUT2D eigenvalue weighted by Crippen LogP contribution is 2.34. The predicted octanol–water partition coefficient (Wildman–Crippen LogP) is 4.83. The topological polar surface area (TPSA) is 50.3 Å². The third-order valence-electron chi connectivity index (χ3n) is 3.91. The highest BCUT2D eigenvalue weighted by atomic mass is 32.1. The van der Waals surface area contributed by atoms with Gasteiger partial charge in [-0.2, -0.15) is 5.26 Å². The summed E-state index contributed by atoms with van der Waals surface area (Å²) in [5, 5.41) is 11.5. The van der Waals surface area contributed by atoms with Crippen LogP contribution in [0, 0.1) is 11.3 Å². The van der Waals surface area contributed by atoms with Crippen LogP contribution < -0.4 is 4.74 Å². The largest absolute Gasteiger partial charge is 0.494 e. The fourth-order valence-electron chi connectivity index (χ4n) is 2.78. The van der Waals surface area contributed by atoms with Gasteiger partial charge in [-0.05, 0) is 31.2 Å². The van der Waals surface area contributed by atoms with Crippen LogP contribution in [-0.4, -0.2) is 16.0 Å². The van der Waals surface area contributed by atoms with Crippen LogP contribution in [0.3, 0.4) is 0 Å². The lowest BCUT2D eigenvalue weighted by atomic mass is 9.93. The van der Waals surface area contributed by atoms with Crippen molar-refractivity contribution in [2.24, 2.45) is 0 Å². The van der Waals surface area contributed by atoms with E-state index in [1.807, 2.05) is 31.2 Å². The van der Waals surface area contributed by atoms with E-state index >= 15 is 0 Å². The summed E-state index contributed by atoms with van der Waals surface area (Å²) < 4.78 is 7.66. The van der Waals surface area contributed by atoms with Crippen LogP contribution in [-0.2, 0) is 11.8 Å². The average Bonchev–Trinajstić information content (AvgIpc) is 3.09. The van der Waals surface area contributed by atoms with Crippen molar-refractivity contribution in [3.8, 4) is 23.1 Å². The molecule has 0 saturated heterocycles. The molecule has 1 aromatic carbocycles. The highest BCUT2D eigenvalue weighted by Gasteiger charge is 2.24. The van der Waals surface area contributed by atoms with Crippen molar-refractivity contribution in [2.45, 2.75) is 39.5 Å².